The topological polar surface area (TPSA) is 47.4 Å². The van der Waals surface area contributed by atoms with Crippen molar-refractivity contribution < 1.29 is 9.53 Å². The molecular weight excluding hydrogens is 410 g/mol. The number of benzene rings is 2. The zero-order valence-electron chi connectivity index (χ0n) is 17.4. The molecule has 7 rings (SSSR count). The standard InChI is InChI=1S/C25H24ClN3O2/c1-15-17(11-16-3-5-18(6-4-16)28-10-2-9-27-28)12-22-24(23(15)26)31-21-13-19-7-8-20(14-21)29(19)25(22)30/h2-6,9-10,12,19-21H,7-8,11,13-14H2,1H3. The van der Waals surface area contributed by atoms with Gasteiger partial charge in [-0.2, -0.15) is 5.10 Å². The van der Waals surface area contributed by atoms with E-state index in [1.54, 1.807) is 6.20 Å². The van der Waals surface area contributed by atoms with E-state index in [-0.39, 0.29) is 12.0 Å². The summed E-state index contributed by atoms with van der Waals surface area (Å²) in [6.45, 7) is 2.02. The molecule has 5 nitrogen and oxygen atoms in total. The zero-order valence-corrected chi connectivity index (χ0v) is 18.2. The van der Waals surface area contributed by atoms with E-state index in [9.17, 15) is 4.79 Å². The third-order valence-electron chi connectivity index (χ3n) is 7.11. The first-order valence-corrected chi connectivity index (χ1v) is 11.4. The van der Waals surface area contributed by atoms with Crippen molar-refractivity contribution >= 4 is 17.5 Å². The van der Waals surface area contributed by atoms with Crippen molar-refractivity contribution in [2.24, 2.45) is 0 Å². The Morgan fingerprint density at radius 2 is 1.90 bits per heavy atom. The molecule has 0 radical (unpaired) electrons. The van der Waals surface area contributed by atoms with Crippen LogP contribution in [0.5, 0.6) is 5.75 Å². The van der Waals surface area contributed by atoms with Crippen molar-refractivity contribution in [2.45, 2.75) is 57.2 Å². The molecule has 0 saturated carbocycles. The van der Waals surface area contributed by atoms with Gasteiger partial charge in [0.2, 0.25) is 0 Å². The summed E-state index contributed by atoms with van der Waals surface area (Å²) in [4.78, 5) is 15.6. The smallest absolute Gasteiger partial charge is 0.258 e. The van der Waals surface area contributed by atoms with Crippen LogP contribution in [0.4, 0.5) is 0 Å². The fourth-order valence-corrected chi connectivity index (χ4v) is 5.77. The summed E-state index contributed by atoms with van der Waals surface area (Å²) in [6.07, 6.45) is 8.56. The molecule has 4 aliphatic heterocycles. The first kappa shape index (κ1) is 18.9. The van der Waals surface area contributed by atoms with Crippen molar-refractivity contribution in [3.05, 3.63) is 76.1 Å². The zero-order chi connectivity index (χ0) is 21.1. The molecule has 31 heavy (non-hydrogen) atoms. The molecule has 2 unspecified atom stereocenters. The number of carbonyl (C=O) groups excluding carboxylic acids is 1. The van der Waals surface area contributed by atoms with E-state index in [0.717, 1.165) is 48.1 Å². The first-order valence-electron chi connectivity index (χ1n) is 11.0. The van der Waals surface area contributed by atoms with Crippen LogP contribution in [0.1, 0.15) is 52.7 Å². The Morgan fingerprint density at radius 1 is 1.16 bits per heavy atom. The molecule has 4 bridgehead atoms. The van der Waals surface area contributed by atoms with Gasteiger partial charge in [-0.25, -0.2) is 4.68 Å². The van der Waals surface area contributed by atoms with Gasteiger partial charge >= 0.3 is 0 Å². The fourth-order valence-electron chi connectivity index (χ4n) is 5.50. The highest BCUT2D eigenvalue weighted by atomic mass is 35.5. The first-order chi connectivity index (χ1) is 15.1. The summed E-state index contributed by atoms with van der Waals surface area (Å²) in [5.41, 5.74) is 4.86. The van der Waals surface area contributed by atoms with Gasteiger partial charge < -0.3 is 9.64 Å². The highest BCUT2D eigenvalue weighted by molar-refractivity contribution is 6.33. The Bertz CT molecular complexity index is 1140. The van der Waals surface area contributed by atoms with Gasteiger partial charge in [-0.15, -0.1) is 0 Å². The highest BCUT2D eigenvalue weighted by Gasteiger charge is 2.47. The summed E-state index contributed by atoms with van der Waals surface area (Å²) in [6, 6.07) is 12.9. The molecule has 0 spiro atoms. The number of carbonyl (C=O) groups is 1. The molecule has 0 aliphatic carbocycles. The van der Waals surface area contributed by atoms with Gasteiger partial charge in [0.1, 0.15) is 6.10 Å². The lowest BCUT2D eigenvalue weighted by molar-refractivity contribution is 0.0275. The third kappa shape index (κ3) is 3.06. The molecular formula is C25H24ClN3O2. The number of piperidine rings is 1. The molecule has 2 saturated heterocycles. The van der Waals surface area contributed by atoms with Crippen molar-refractivity contribution in [3.8, 4) is 11.4 Å². The van der Waals surface area contributed by atoms with Crippen LogP contribution in [0.2, 0.25) is 5.02 Å². The van der Waals surface area contributed by atoms with Crippen LogP contribution in [-0.2, 0) is 6.42 Å². The number of rotatable bonds is 3. The van der Waals surface area contributed by atoms with Crippen LogP contribution >= 0.6 is 11.6 Å². The van der Waals surface area contributed by atoms with E-state index >= 15 is 0 Å². The quantitative estimate of drug-likeness (QED) is 0.587. The minimum atomic E-state index is 0.0813. The molecule has 158 valence electrons. The van der Waals surface area contributed by atoms with E-state index in [4.69, 9.17) is 16.3 Å². The van der Waals surface area contributed by atoms with Crippen LogP contribution in [-0.4, -0.2) is 38.8 Å². The van der Waals surface area contributed by atoms with Gasteiger partial charge in [0.05, 0.1) is 16.3 Å². The minimum Gasteiger partial charge on any atom is -0.488 e. The average molecular weight is 434 g/mol. The Hall–Kier alpha value is -2.79. The maximum Gasteiger partial charge on any atom is 0.258 e. The average Bonchev–Trinajstić information content (AvgIpc) is 3.39. The molecule has 0 N–H and O–H groups in total. The second kappa shape index (κ2) is 7.13. The van der Waals surface area contributed by atoms with Crippen LogP contribution in [0.25, 0.3) is 5.69 Å². The normalized spacial score (nSPS) is 24.0. The maximum absolute atomic E-state index is 13.5. The third-order valence-corrected chi connectivity index (χ3v) is 7.57. The Balaban J connectivity index is 1.36. The summed E-state index contributed by atoms with van der Waals surface area (Å²) >= 11 is 6.78. The number of aromatic nitrogens is 2. The SMILES string of the molecule is Cc1c(Cc2ccc(-n3cccn3)cc2)cc2c(c1Cl)OC1CC3CCC(C1)N3C2=O. The van der Waals surface area contributed by atoms with Gasteiger partial charge in [0.25, 0.3) is 5.91 Å². The van der Waals surface area contributed by atoms with E-state index in [0.29, 0.717) is 34.8 Å². The van der Waals surface area contributed by atoms with Crippen LogP contribution < -0.4 is 4.74 Å². The van der Waals surface area contributed by atoms with E-state index in [2.05, 4.69) is 34.3 Å². The van der Waals surface area contributed by atoms with Crippen molar-refractivity contribution in [2.75, 3.05) is 0 Å². The molecule has 4 aliphatic rings. The lowest BCUT2D eigenvalue weighted by Crippen LogP contribution is -2.51. The Kier molecular flexibility index (Phi) is 4.35. The van der Waals surface area contributed by atoms with Gasteiger partial charge in [-0.3, -0.25) is 4.79 Å². The molecule has 2 fully saturated rings. The number of hydrogen-bond donors (Lipinski definition) is 0. The summed E-state index contributed by atoms with van der Waals surface area (Å²) < 4.78 is 8.20. The monoisotopic (exact) mass is 433 g/mol. The molecule has 3 aromatic rings. The lowest BCUT2D eigenvalue weighted by Gasteiger charge is -2.42. The Morgan fingerprint density at radius 3 is 2.58 bits per heavy atom. The van der Waals surface area contributed by atoms with Crippen molar-refractivity contribution in [1.29, 1.82) is 0 Å². The van der Waals surface area contributed by atoms with E-state index in [1.165, 1.54) is 0 Å². The molecule has 1 amide bonds. The minimum absolute atomic E-state index is 0.0813. The van der Waals surface area contributed by atoms with Crippen molar-refractivity contribution in [1.82, 2.24) is 14.7 Å². The van der Waals surface area contributed by atoms with Gasteiger partial charge in [-0.05, 0) is 67.1 Å². The van der Waals surface area contributed by atoms with Gasteiger partial charge in [0.15, 0.2) is 5.75 Å². The van der Waals surface area contributed by atoms with Crippen LogP contribution in [0, 0.1) is 6.92 Å². The Labute approximate surface area is 186 Å². The highest BCUT2D eigenvalue weighted by Crippen LogP contribution is 2.45. The van der Waals surface area contributed by atoms with E-state index in [1.807, 2.05) is 29.9 Å². The van der Waals surface area contributed by atoms with E-state index < -0.39 is 0 Å². The maximum atomic E-state index is 13.5. The number of amides is 1. The number of halogens is 1. The number of nitrogens with zero attached hydrogens (tertiary/aromatic N) is 3. The predicted octanol–water partition coefficient (Wildman–Crippen LogP) is 4.95. The van der Waals surface area contributed by atoms with Gasteiger partial charge in [-0.1, -0.05) is 23.7 Å². The molecule has 1 aromatic heterocycles. The number of hydrogen-bond acceptors (Lipinski definition) is 3. The van der Waals surface area contributed by atoms with Crippen molar-refractivity contribution in [3.63, 3.8) is 0 Å². The summed E-state index contributed by atoms with van der Waals surface area (Å²) in [7, 11) is 0. The van der Waals surface area contributed by atoms with Gasteiger partial charge in [0, 0.05) is 37.3 Å². The van der Waals surface area contributed by atoms with Crippen LogP contribution in [0.3, 0.4) is 0 Å². The second-order valence-electron chi connectivity index (χ2n) is 8.95. The molecule has 2 aromatic carbocycles. The molecule has 2 atom stereocenters. The molecule has 6 heteroatoms. The largest absolute Gasteiger partial charge is 0.488 e. The fraction of sp³-hybridized carbons (Fsp3) is 0.360. The second-order valence-corrected chi connectivity index (χ2v) is 9.33. The number of ether oxygens (including phenoxy) is 1. The molecule has 5 heterocycles. The lowest BCUT2D eigenvalue weighted by atomic mass is 9.93. The summed E-state index contributed by atoms with van der Waals surface area (Å²) in [5.74, 6) is 0.661. The van der Waals surface area contributed by atoms with Crippen LogP contribution in [0.15, 0.2) is 48.8 Å². The predicted molar refractivity (Wildman–Crippen MR) is 119 cm³/mol. The summed E-state index contributed by atoms with van der Waals surface area (Å²) in [5, 5.41) is 4.86.